The minimum Gasteiger partial charge on any atom is -0.493 e. The molecule has 7 nitrogen and oxygen atoms in total. The van der Waals surface area contributed by atoms with Crippen LogP contribution in [-0.2, 0) is 14.3 Å². The van der Waals surface area contributed by atoms with E-state index in [0.717, 1.165) is 29.7 Å². The Bertz CT molecular complexity index is 1280. The number of dihydropyridines is 1. The van der Waals surface area contributed by atoms with Crippen molar-refractivity contribution in [1.29, 1.82) is 0 Å². The van der Waals surface area contributed by atoms with Gasteiger partial charge in [-0.05, 0) is 55.9 Å². The van der Waals surface area contributed by atoms with Gasteiger partial charge in [-0.25, -0.2) is 4.79 Å². The van der Waals surface area contributed by atoms with Gasteiger partial charge < -0.3 is 24.3 Å². The number of esters is 1. The highest BCUT2D eigenvalue weighted by atomic mass is 16.5. The van der Waals surface area contributed by atoms with Gasteiger partial charge in [-0.3, -0.25) is 4.79 Å². The van der Waals surface area contributed by atoms with Crippen molar-refractivity contribution in [3.8, 4) is 17.2 Å². The zero-order valence-corrected chi connectivity index (χ0v) is 23.6. The number of carbonyl (C=O) groups is 2. The first-order valence-corrected chi connectivity index (χ1v) is 13.8. The molecule has 7 heteroatoms. The first kappa shape index (κ1) is 28.3. The van der Waals surface area contributed by atoms with Crippen molar-refractivity contribution in [3.63, 3.8) is 0 Å². The number of ketones is 1. The first-order valence-electron chi connectivity index (χ1n) is 13.8. The number of ether oxygens (including phenoxy) is 4. The van der Waals surface area contributed by atoms with Crippen molar-refractivity contribution in [2.75, 3.05) is 27.4 Å². The summed E-state index contributed by atoms with van der Waals surface area (Å²) in [4.78, 5) is 27.4. The number of rotatable bonds is 11. The molecule has 0 saturated heterocycles. The number of hydrogen-bond donors (Lipinski definition) is 1. The van der Waals surface area contributed by atoms with Crippen molar-refractivity contribution < 1.29 is 28.5 Å². The molecular weight excluding hydrogens is 494 g/mol. The summed E-state index contributed by atoms with van der Waals surface area (Å²) >= 11 is 0. The summed E-state index contributed by atoms with van der Waals surface area (Å²) in [5, 5.41) is 3.42. The maximum Gasteiger partial charge on any atom is 0.336 e. The first-order chi connectivity index (χ1) is 18.9. The maximum absolute atomic E-state index is 14.0. The van der Waals surface area contributed by atoms with Gasteiger partial charge in [0.25, 0.3) is 0 Å². The second-order valence-electron chi connectivity index (χ2n) is 10.0. The van der Waals surface area contributed by atoms with Crippen LogP contribution in [0.25, 0.3) is 0 Å². The Labute approximate surface area is 231 Å². The third-order valence-corrected chi connectivity index (χ3v) is 7.35. The molecule has 1 aliphatic heterocycles. The summed E-state index contributed by atoms with van der Waals surface area (Å²) in [5.41, 5.74) is 4.43. The molecule has 0 spiro atoms. The van der Waals surface area contributed by atoms with E-state index in [4.69, 9.17) is 18.9 Å². The van der Waals surface area contributed by atoms with E-state index in [1.807, 2.05) is 56.3 Å². The van der Waals surface area contributed by atoms with E-state index in [2.05, 4.69) is 12.2 Å². The number of benzene rings is 2. The topological polar surface area (TPSA) is 83.1 Å². The molecule has 4 rings (SSSR count). The summed E-state index contributed by atoms with van der Waals surface area (Å²) in [7, 11) is 3.21. The molecule has 0 bridgehead atoms. The molecule has 2 unspecified atom stereocenters. The molecule has 0 fully saturated rings. The lowest BCUT2D eigenvalue weighted by atomic mass is 9.71. The highest BCUT2D eigenvalue weighted by molar-refractivity contribution is 6.04. The molecular formula is C32H39NO6. The third-order valence-electron chi connectivity index (χ3n) is 7.35. The highest BCUT2D eigenvalue weighted by Gasteiger charge is 2.42. The van der Waals surface area contributed by atoms with E-state index in [-0.39, 0.29) is 11.7 Å². The Hall–Kier alpha value is -3.74. The monoisotopic (exact) mass is 533 g/mol. The van der Waals surface area contributed by atoms with Crippen LogP contribution in [0.5, 0.6) is 17.2 Å². The molecule has 2 aromatic rings. The molecule has 2 aromatic carbocycles. The van der Waals surface area contributed by atoms with Gasteiger partial charge in [-0.1, -0.05) is 44.5 Å². The number of unbranched alkanes of at least 4 members (excludes halogenated alkanes) is 1. The van der Waals surface area contributed by atoms with E-state index in [1.54, 1.807) is 14.2 Å². The Morgan fingerprint density at radius 1 is 0.949 bits per heavy atom. The highest BCUT2D eigenvalue weighted by Crippen LogP contribution is 2.48. The van der Waals surface area contributed by atoms with Crippen molar-refractivity contribution in [2.24, 2.45) is 0 Å². The Morgan fingerprint density at radius 3 is 2.44 bits per heavy atom. The fourth-order valence-electron chi connectivity index (χ4n) is 5.41. The van der Waals surface area contributed by atoms with Crippen molar-refractivity contribution in [1.82, 2.24) is 5.32 Å². The van der Waals surface area contributed by atoms with Gasteiger partial charge >= 0.3 is 5.97 Å². The number of allylic oxidation sites excluding steroid dienone is 3. The summed E-state index contributed by atoms with van der Waals surface area (Å²) in [6.07, 6.45) is 3.59. The van der Waals surface area contributed by atoms with Crippen molar-refractivity contribution in [2.45, 2.75) is 64.7 Å². The summed E-state index contributed by atoms with van der Waals surface area (Å²) in [6, 6.07) is 13.5. The van der Waals surface area contributed by atoms with E-state index in [0.29, 0.717) is 66.6 Å². The van der Waals surface area contributed by atoms with Gasteiger partial charge in [0.1, 0.15) is 5.75 Å². The van der Waals surface area contributed by atoms with Crippen LogP contribution in [0.2, 0.25) is 0 Å². The number of Topliss-reactive ketones (excluding diaryl/α,β-unsaturated/α-hetero) is 1. The molecule has 0 saturated carbocycles. The fraction of sp³-hybridized carbons (Fsp3) is 0.438. The number of para-hydroxylation sites is 1. The number of hydrogen-bond acceptors (Lipinski definition) is 7. The van der Waals surface area contributed by atoms with Crippen LogP contribution in [0.4, 0.5) is 0 Å². The Kier molecular flexibility index (Phi) is 9.33. The maximum atomic E-state index is 14.0. The Morgan fingerprint density at radius 2 is 1.72 bits per heavy atom. The molecule has 1 heterocycles. The van der Waals surface area contributed by atoms with Crippen molar-refractivity contribution in [3.05, 3.63) is 76.1 Å². The number of carbonyl (C=O) groups excluding carboxylic acids is 2. The molecule has 39 heavy (non-hydrogen) atoms. The van der Waals surface area contributed by atoms with Crippen LogP contribution >= 0.6 is 0 Å². The van der Waals surface area contributed by atoms with Gasteiger partial charge in [0.15, 0.2) is 17.3 Å². The van der Waals surface area contributed by atoms with E-state index >= 15 is 0 Å². The number of nitrogens with one attached hydrogen (secondary N) is 1. The molecule has 2 aliphatic rings. The predicted molar refractivity (Wildman–Crippen MR) is 150 cm³/mol. The van der Waals surface area contributed by atoms with Crippen LogP contribution in [0, 0.1) is 0 Å². The second kappa shape index (κ2) is 12.9. The average molecular weight is 534 g/mol. The summed E-state index contributed by atoms with van der Waals surface area (Å²) < 4.78 is 22.7. The largest absolute Gasteiger partial charge is 0.493 e. The lowest BCUT2D eigenvalue weighted by molar-refractivity contribution is -0.139. The fourth-order valence-corrected chi connectivity index (χ4v) is 5.41. The van der Waals surface area contributed by atoms with Gasteiger partial charge in [0.05, 0.1) is 38.9 Å². The van der Waals surface area contributed by atoms with Crippen LogP contribution in [0.3, 0.4) is 0 Å². The normalized spacial score (nSPS) is 18.8. The van der Waals surface area contributed by atoms with Gasteiger partial charge in [-0.15, -0.1) is 0 Å². The molecule has 1 N–H and O–H groups in total. The molecule has 0 radical (unpaired) electrons. The van der Waals surface area contributed by atoms with Crippen LogP contribution in [0.15, 0.2) is 65.0 Å². The molecule has 0 amide bonds. The summed E-state index contributed by atoms with van der Waals surface area (Å²) in [6.45, 7) is 6.84. The van der Waals surface area contributed by atoms with Crippen LogP contribution in [-0.4, -0.2) is 39.2 Å². The minimum absolute atomic E-state index is 0.00480. The van der Waals surface area contributed by atoms with Gasteiger partial charge in [0, 0.05) is 29.0 Å². The zero-order chi connectivity index (χ0) is 27.9. The number of methoxy groups -OCH3 is 2. The van der Waals surface area contributed by atoms with E-state index in [9.17, 15) is 9.59 Å². The van der Waals surface area contributed by atoms with Crippen molar-refractivity contribution >= 4 is 11.8 Å². The average Bonchev–Trinajstić information content (AvgIpc) is 2.95. The molecule has 2 atom stereocenters. The predicted octanol–water partition coefficient (Wildman–Crippen LogP) is 6.20. The lowest BCUT2D eigenvalue weighted by Crippen LogP contribution is -2.36. The van der Waals surface area contributed by atoms with Crippen LogP contribution in [0.1, 0.15) is 75.8 Å². The second-order valence-corrected chi connectivity index (χ2v) is 10.0. The third kappa shape index (κ3) is 5.97. The van der Waals surface area contributed by atoms with Crippen LogP contribution < -0.4 is 19.5 Å². The smallest absolute Gasteiger partial charge is 0.336 e. The quantitative estimate of drug-likeness (QED) is 0.272. The minimum atomic E-state index is -0.567. The molecule has 208 valence electrons. The van der Waals surface area contributed by atoms with Gasteiger partial charge in [-0.2, -0.15) is 0 Å². The molecule has 1 aliphatic carbocycles. The summed E-state index contributed by atoms with van der Waals surface area (Å²) in [5.74, 6) is 0.957. The Balaban J connectivity index is 1.78. The lowest BCUT2D eigenvalue weighted by Gasteiger charge is -2.37. The van der Waals surface area contributed by atoms with E-state index in [1.165, 1.54) is 0 Å². The van der Waals surface area contributed by atoms with E-state index < -0.39 is 11.9 Å². The molecule has 0 aromatic heterocycles. The SMILES string of the molecule is CCCCOc1ccccc1C1C(C(=O)OCCC)=C(C)NC2=C1C(=O)CC(c1ccc(OC)c(OC)c1)C2. The zero-order valence-electron chi connectivity index (χ0n) is 23.6. The standard InChI is InChI=1S/C32H39NO6/c1-6-8-16-38-26-12-10-9-11-23(26)30-29(32(35)39-15-7-2)20(3)33-24-17-22(18-25(34)31(24)30)21-13-14-27(36-4)28(19-21)37-5/h9-14,19,22,30,33H,6-8,15-18H2,1-5H3. The van der Waals surface area contributed by atoms with Gasteiger partial charge in [0.2, 0.25) is 0 Å².